The van der Waals surface area contributed by atoms with Crippen LogP contribution in [0.15, 0.2) is 60.7 Å². The summed E-state index contributed by atoms with van der Waals surface area (Å²) < 4.78 is 11.4. The lowest BCUT2D eigenvalue weighted by Crippen LogP contribution is -2.21. The Morgan fingerprint density at radius 2 is 1.55 bits per heavy atom. The summed E-state index contributed by atoms with van der Waals surface area (Å²) in [6.45, 7) is 15.3. The maximum Gasteiger partial charge on any atom is 0.306 e. The maximum absolute atomic E-state index is 13.4. The van der Waals surface area contributed by atoms with Crippen molar-refractivity contribution >= 4 is 17.6 Å². The molecular weight excluding hydrogens is 502 g/mol. The number of carbonyl (C=O) groups is 2. The summed E-state index contributed by atoms with van der Waals surface area (Å²) >= 11 is 0. The molecule has 3 aromatic carbocycles. The minimum Gasteiger partial charge on any atom is -0.508 e. The van der Waals surface area contributed by atoms with Crippen LogP contribution in [0.3, 0.4) is 0 Å². The Bertz CT molecular complexity index is 1340. The molecule has 3 aromatic rings. The lowest BCUT2D eigenvalue weighted by Gasteiger charge is -2.30. The number of ether oxygens (including phenoxy) is 2. The van der Waals surface area contributed by atoms with Gasteiger partial charge in [0.1, 0.15) is 17.2 Å². The third-order valence-corrected chi connectivity index (χ3v) is 7.79. The van der Waals surface area contributed by atoms with Crippen LogP contribution in [-0.4, -0.2) is 23.6 Å². The molecule has 0 atom stereocenters. The average molecular weight is 546 g/mol. The van der Waals surface area contributed by atoms with E-state index in [4.69, 9.17) is 9.47 Å². The number of phenolic OH excluding ortho intramolecular Hbond substituents is 1. The van der Waals surface area contributed by atoms with E-state index in [0.717, 1.165) is 24.0 Å². The van der Waals surface area contributed by atoms with Gasteiger partial charge in [-0.15, -0.1) is 0 Å². The van der Waals surface area contributed by atoms with Crippen molar-refractivity contribution in [3.8, 4) is 17.2 Å². The normalized spacial score (nSPS) is 11.7. The van der Waals surface area contributed by atoms with Crippen LogP contribution in [0.4, 0.5) is 5.69 Å². The first-order chi connectivity index (χ1) is 18.9. The Labute approximate surface area is 238 Å². The quantitative estimate of drug-likeness (QED) is 0.224. The van der Waals surface area contributed by atoms with Gasteiger partial charge in [0.2, 0.25) is 0 Å². The molecule has 6 nitrogen and oxygen atoms in total. The van der Waals surface area contributed by atoms with E-state index in [2.05, 4.69) is 59.0 Å². The summed E-state index contributed by atoms with van der Waals surface area (Å²) in [5, 5.41) is 13.1. The molecule has 0 aliphatic carbocycles. The molecule has 2 N–H and O–H groups in total. The fourth-order valence-electron chi connectivity index (χ4n) is 4.35. The molecule has 0 saturated heterocycles. The number of anilines is 1. The largest absolute Gasteiger partial charge is 0.508 e. The number of hydrogen-bond acceptors (Lipinski definition) is 5. The van der Waals surface area contributed by atoms with Gasteiger partial charge in [-0.05, 0) is 84.5 Å². The fraction of sp³-hybridized carbons (Fsp3) is 0.412. The smallest absolute Gasteiger partial charge is 0.306 e. The van der Waals surface area contributed by atoms with E-state index >= 15 is 0 Å². The van der Waals surface area contributed by atoms with E-state index in [0.29, 0.717) is 30.2 Å². The van der Waals surface area contributed by atoms with Crippen LogP contribution >= 0.6 is 0 Å². The van der Waals surface area contributed by atoms with Gasteiger partial charge in [-0.25, -0.2) is 0 Å². The first-order valence-electron chi connectivity index (χ1n) is 14.1. The average Bonchev–Trinajstić information content (AvgIpc) is 2.93. The maximum atomic E-state index is 13.4. The molecule has 0 fully saturated rings. The van der Waals surface area contributed by atoms with E-state index < -0.39 is 5.91 Å². The topological polar surface area (TPSA) is 84.9 Å². The second-order valence-electron chi connectivity index (χ2n) is 11.4. The molecule has 0 saturated carbocycles. The van der Waals surface area contributed by atoms with Gasteiger partial charge >= 0.3 is 5.97 Å². The van der Waals surface area contributed by atoms with Gasteiger partial charge in [0.05, 0.1) is 12.2 Å². The molecule has 0 aliphatic rings. The van der Waals surface area contributed by atoms with E-state index in [9.17, 15) is 14.7 Å². The van der Waals surface area contributed by atoms with Crippen molar-refractivity contribution in [1.29, 1.82) is 0 Å². The molecule has 0 spiro atoms. The number of carbonyl (C=O) groups excluding carboxylic acids is 2. The zero-order valence-corrected chi connectivity index (χ0v) is 24.9. The molecule has 1 amide bonds. The lowest BCUT2D eigenvalue weighted by molar-refractivity contribution is -0.143. The standard InChI is InChI=1S/C34H43NO5/c1-8-33(4,5)24-15-17-30(28(21-24)34(6,7)9-2)40-29-18-16-26(36)22-27(29)32(38)35-25-13-11-12-23(20-25)14-19-31(37)39-10-3/h11-13,15-18,20-22,36H,8-10,14,19H2,1-7H3,(H,35,38). The van der Waals surface area contributed by atoms with Gasteiger partial charge in [-0.2, -0.15) is 0 Å². The first-order valence-corrected chi connectivity index (χ1v) is 14.1. The molecule has 214 valence electrons. The number of aromatic hydroxyl groups is 1. The van der Waals surface area contributed by atoms with E-state index in [1.807, 2.05) is 24.3 Å². The predicted octanol–water partition coefficient (Wildman–Crippen LogP) is 8.31. The Morgan fingerprint density at radius 3 is 2.23 bits per heavy atom. The monoisotopic (exact) mass is 545 g/mol. The van der Waals surface area contributed by atoms with Crippen LogP contribution in [0, 0.1) is 0 Å². The fourth-order valence-corrected chi connectivity index (χ4v) is 4.35. The number of esters is 1. The molecule has 0 heterocycles. The number of rotatable bonds is 12. The number of aryl methyl sites for hydroxylation is 1. The van der Waals surface area contributed by atoms with Crippen molar-refractivity contribution in [3.63, 3.8) is 0 Å². The van der Waals surface area contributed by atoms with E-state index in [-0.39, 0.29) is 34.5 Å². The molecule has 0 bridgehead atoms. The van der Waals surface area contributed by atoms with Crippen molar-refractivity contribution in [1.82, 2.24) is 0 Å². The number of amides is 1. The van der Waals surface area contributed by atoms with Crippen molar-refractivity contribution < 1.29 is 24.2 Å². The van der Waals surface area contributed by atoms with Gasteiger partial charge in [0.15, 0.2) is 0 Å². The number of nitrogens with one attached hydrogen (secondary N) is 1. The SMILES string of the molecule is CCOC(=O)CCc1cccc(NC(=O)c2cc(O)ccc2Oc2ccc(C(C)(C)CC)cc2C(C)(C)CC)c1. The number of phenols is 1. The zero-order valence-electron chi connectivity index (χ0n) is 24.9. The molecule has 0 unspecified atom stereocenters. The predicted molar refractivity (Wildman–Crippen MR) is 161 cm³/mol. The molecule has 6 heteroatoms. The molecular formula is C34H43NO5. The lowest BCUT2D eigenvalue weighted by atomic mass is 9.76. The zero-order chi connectivity index (χ0) is 29.5. The van der Waals surface area contributed by atoms with Crippen LogP contribution < -0.4 is 10.1 Å². The van der Waals surface area contributed by atoms with Gasteiger partial charge in [-0.1, -0.05) is 65.8 Å². The molecule has 0 aliphatic heterocycles. The van der Waals surface area contributed by atoms with Crippen molar-refractivity contribution in [2.45, 2.75) is 85.0 Å². The van der Waals surface area contributed by atoms with Crippen LogP contribution in [0.25, 0.3) is 0 Å². The van der Waals surface area contributed by atoms with Crippen LogP contribution in [-0.2, 0) is 26.8 Å². The van der Waals surface area contributed by atoms with Gasteiger partial charge in [0, 0.05) is 17.7 Å². The summed E-state index contributed by atoms with van der Waals surface area (Å²) in [5.74, 6) is 0.339. The Morgan fingerprint density at radius 1 is 0.850 bits per heavy atom. The summed E-state index contributed by atoms with van der Waals surface area (Å²) in [4.78, 5) is 25.2. The third kappa shape index (κ3) is 7.65. The van der Waals surface area contributed by atoms with E-state index in [1.165, 1.54) is 17.7 Å². The number of hydrogen-bond donors (Lipinski definition) is 2. The molecule has 0 radical (unpaired) electrons. The van der Waals surface area contributed by atoms with Crippen molar-refractivity contribution in [2.75, 3.05) is 11.9 Å². The highest BCUT2D eigenvalue weighted by atomic mass is 16.5. The number of benzene rings is 3. The first kappa shape index (κ1) is 30.7. The van der Waals surface area contributed by atoms with Gasteiger partial charge < -0.3 is 19.9 Å². The summed E-state index contributed by atoms with van der Waals surface area (Å²) in [6, 6.07) is 18.2. The second kappa shape index (κ2) is 13.0. The van der Waals surface area contributed by atoms with Crippen LogP contribution in [0.2, 0.25) is 0 Å². The highest BCUT2D eigenvalue weighted by Crippen LogP contribution is 2.41. The summed E-state index contributed by atoms with van der Waals surface area (Å²) in [5.41, 5.74) is 3.88. The minimum atomic E-state index is -0.409. The Hall–Kier alpha value is -3.80. The summed E-state index contributed by atoms with van der Waals surface area (Å²) in [7, 11) is 0. The highest BCUT2D eigenvalue weighted by molar-refractivity contribution is 6.06. The Kier molecular flexibility index (Phi) is 10.0. The van der Waals surface area contributed by atoms with Gasteiger partial charge in [-0.3, -0.25) is 9.59 Å². The molecule has 0 aromatic heterocycles. The molecule has 3 rings (SSSR count). The van der Waals surface area contributed by atoms with Crippen LogP contribution in [0.1, 0.15) is 94.8 Å². The minimum absolute atomic E-state index is 0.0194. The summed E-state index contributed by atoms with van der Waals surface area (Å²) in [6.07, 6.45) is 2.69. The van der Waals surface area contributed by atoms with E-state index in [1.54, 1.807) is 19.1 Å². The van der Waals surface area contributed by atoms with Crippen molar-refractivity contribution in [3.05, 3.63) is 82.9 Å². The Balaban J connectivity index is 1.91. The second-order valence-corrected chi connectivity index (χ2v) is 11.4. The third-order valence-electron chi connectivity index (χ3n) is 7.79. The van der Waals surface area contributed by atoms with Crippen LogP contribution in [0.5, 0.6) is 17.2 Å². The van der Waals surface area contributed by atoms with Gasteiger partial charge in [0.25, 0.3) is 5.91 Å². The highest BCUT2D eigenvalue weighted by Gasteiger charge is 2.27. The molecule has 40 heavy (non-hydrogen) atoms. The van der Waals surface area contributed by atoms with Crippen molar-refractivity contribution in [2.24, 2.45) is 0 Å².